The van der Waals surface area contributed by atoms with Crippen LogP contribution in [0.1, 0.15) is 10.5 Å². The molecule has 1 aromatic rings. The molecule has 1 aliphatic rings. The van der Waals surface area contributed by atoms with Crippen molar-refractivity contribution in [3.05, 3.63) is 24.3 Å². The van der Waals surface area contributed by atoms with Gasteiger partial charge in [0.05, 0.1) is 6.61 Å². The molecule has 0 aromatic carbocycles. The fourth-order valence-electron chi connectivity index (χ4n) is 1.34. The van der Waals surface area contributed by atoms with Crippen LogP contribution in [-0.4, -0.2) is 41.6 Å². The fraction of sp³-hybridized carbons (Fsp3) is 0.444. The van der Waals surface area contributed by atoms with Gasteiger partial charge in [0.25, 0.3) is 0 Å². The fourth-order valence-corrected chi connectivity index (χ4v) is 1.34. The van der Waals surface area contributed by atoms with Crippen molar-refractivity contribution >= 4 is 5.78 Å². The van der Waals surface area contributed by atoms with E-state index in [0.717, 1.165) is 6.54 Å². The molecule has 1 atom stereocenters. The van der Waals surface area contributed by atoms with Gasteiger partial charge in [0, 0.05) is 19.3 Å². The summed E-state index contributed by atoms with van der Waals surface area (Å²) in [5.74, 6) is -0.0837. The summed E-state index contributed by atoms with van der Waals surface area (Å²) in [5, 5.41) is 3.10. The molecule has 0 bridgehead atoms. The van der Waals surface area contributed by atoms with E-state index >= 15 is 0 Å². The van der Waals surface area contributed by atoms with Crippen molar-refractivity contribution in [1.82, 2.24) is 15.3 Å². The number of hydrogen-bond acceptors (Lipinski definition) is 5. The molecular formula is C9H11N3O2. The van der Waals surface area contributed by atoms with Crippen LogP contribution < -0.4 is 5.32 Å². The Hall–Kier alpha value is -1.33. The Bertz CT molecular complexity index is 309. The highest BCUT2D eigenvalue weighted by molar-refractivity contribution is 5.97. The van der Waals surface area contributed by atoms with Gasteiger partial charge in [-0.15, -0.1) is 0 Å². The van der Waals surface area contributed by atoms with Gasteiger partial charge in [0.2, 0.25) is 5.78 Å². The first-order chi connectivity index (χ1) is 6.88. The Morgan fingerprint density at radius 3 is 3.21 bits per heavy atom. The zero-order valence-corrected chi connectivity index (χ0v) is 7.64. The molecule has 1 aromatic heterocycles. The highest BCUT2D eigenvalue weighted by Crippen LogP contribution is 2.04. The van der Waals surface area contributed by atoms with Crippen molar-refractivity contribution in [3.63, 3.8) is 0 Å². The van der Waals surface area contributed by atoms with Crippen LogP contribution >= 0.6 is 0 Å². The summed E-state index contributed by atoms with van der Waals surface area (Å²) in [6.45, 7) is 1.93. The van der Waals surface area contributed by atoms with Crippen molar-refractivity contribution in [3.8, 4) is 0 Å². The third-order valence-corrected chi connectivity index (χ3v) is 2.05. The zero-order valence-electron chi connectivity index (χ0n) is 7.64. The number of ketones is 1. The molecule has 2 rings (SSSR count). The van der Waals surface area contributed by atoms with E-state index in [0.29, 0.717) is 18.8 Å². The molecule has 1 aliphatic heterocycles. The molecule has 0 spiro atoms. The number of carbonyl (C=O) groups is 1. The van der Waals surface area contributed by atoms with Crippen LogP contribution in [-0.2, 0) is 4.74 Å². The molecule has 2 heterocycles. The lowest BCUT2D eigenvalue weighted by atomic mass is 10.1. The number of morpholine rings is 1. The van der Waals surface area contributed by atoms with Crippen molar-refractivity contribution in [2.45, 2.75) is 6.10 Å². The maximum Gasteiger partial charge on any atom is 0.211 e. The molecule has 1 saturated heterocycles. The molecule has 1 fully saturated rings. The van der Waals surface area contributed by atoms with E-state index in [1.807, 2.05) is 0 Å². The number of nitrogens with zero attached hydrogens (tertiary/aromatic N) is 2. The van der Waals surface area contributed by atoms with Crippen LogP contribution in [0.2, 0.25) is 0 Å². The van der Waals surface area contributed by atoms with Crippen molar-refractivity contribution in [1.29, 1.82) is 0 Å². The van der Waals surface area contributed by atoms with Crippen LogP contribution in [0.25, 0.3) is 0 Å². The van der Waals surface area contributed by atoms with Crippen molar-refractivity contribution < 1.29 is 9.53 Å². The predicted octanol–water partition coefficient (Wildman–Crippen LogP) is -0.352. The van der Waals surface area contributed by atoms with Gasteiger partial charge >= 0.3 is 0 Å². The Balaban J connectivity index is 2.07. The summed E-state index contributed by atoms with van der Waals surface area (Å²) in [5.41, 5.74) is 0.411. The summed E-state index contributed by atoms with van der Waals surface area (Å²) in [4.78, 5) is 19.4. The molecule has 5 heteroatoms. The van der Waals surface area contributed by atoms with Gasteiger partial charge in [0.15, 0.2) is 0 Å². The van der Waals surface area contributed by atoms with Crippen LogP contribution in [0.5, 0.6) is 0 Å². The van der Waals surface area contributed by atoms with Gasteiger partial charge in [-0.05, 0) is 6.07 Å². The van der Waals surface area contributed by atoms with Gasteiger partial charge in [-0.2, -0.15) is 0 Å². The third-order valence-electron chi connectivity index (χ3n) is 2.05. The van der Waals surface area contributed by atoms with Crippen molar-refractivity contribution in [2.75, 3.05) is 19.7 Å². The monoisotopic (exact) mass is 193 g/mol. The molecule has 0 amide bonds. The first-order valence-corrected chi connectivity index (χ1v) is 4.50. The van der Waals surface area contributed by atoms with Crippen molar-refractivity contribution in [2.24, 2.45) is 0 Å². The lowest BCUT2D eigenvalue weighted by Crippen LogP contribution is -2.43. The van der Waals surface area contributed by atoms with E-state index in [1.165, 1.54) is 6.33 Å². The Morgan fingerprint density at radius 1 is 1.64 bits per heavy atom. The summed E-state index contributed by atoms with van der Waals surface area (Å²) < 4.78 is 5.32. The molecule has 0 aliphatic carbocycles. The minimum atomic E-state index is -0.404. The van der Waals surface area contributed by atoms with E-state index in [4.69, 9.17) is 4.74 Å². The standard InChI is InChI=1S/C9H11N3O2/c13-9(7-1-2-11-6-12-7)8-5-10-3-4-14-8/h1-2,6,8,10H,3-5H2. The highest BCUT2D eigenvalue weighted by Gasteiger charge is 2.23. The molecule has 0 radical (unpaired) electrons. The lowest BCUT2D eigenvalue weighted by molar-refractivity contribution is 0.0265. The molecule has 74 valence electrons. The van der Waals surface area contributed by atoms with E-state index < -0.39 is 6.10 Å². The topological polar surface area (TPSA) is 64.1 Å². The minimum Gasteiger partial charge on any atom is -0.367 e. The largest absolute Gasteiger partial charge is 0.367 e. The number of rotatable bonds is 2. The predicted molar refractivity (Wildman–Crippen MR) is 49.0 cm³/mol. The normalized spacial score (nSPS) is 21.9. The minimum absolute atomic E-state index is 0.0837. The van der Waals surface area contributed by atoms with E-state index in [1.54, 1.807) is 12.3 Å². The van der Waals surface area contributed by atoms with Gasteiger partial charge in [-0.3, -0.25) is 4.79 Å². The van der Waals surface area contributed by atoms with E-state index in [-0.39, 0.29) is 5.78 Å². The number of nitrogens with one attached hydrogen (secondary N) is 1. The van der Waals surface area contributed by atoms with Crippen LogP contribution in [0.4, 0.5) is 0 Å². The van der Waals surface area contributed by atoms with E-state index in [2.05, 4.69) is 15.3 Å². The van der Waals surface area contributed by atoms with Gasteiger partial charge < -0.3 is 10.1 Å². The Labute approximate surface area is 81.5 Å². The summed E-state index contributed by atoms with van der Waals surface area (Å²) in [6, 6.07) is 1.60. The maximum absolute atomic E-state index is 11.7. The Kier molecular flexibility index (Phi) is 2.81. The van der Waals surface area contributed by atoms with Crippen LogP contribution in [0.3, 0.4) is 0 Å². The van der Waals surface area contributed by atoms with E-state index in [9.17, 15) is 4.79 Å². The number of ether oxygens (including phenoxy) is 1. The van der Waals surface area contributed by atoms with Gasteiger partial charge in [0.1, 0.15) is 18.1 Å². The summed E-state index contributed by atoms with van der Waals surface area (Å²) in [6.07, 6.45) is 2.51. The smallest absolute Gasteiger partial charge is 0.211 e. The molecule has 14 heavy (non-hydrogen) atoms. The maximum atomic E-state index is 11.7. The highest BCUT2D eigenvalue weighted by atomic mass is 16.5. The zero-order chi connectivity index (χ0) is 9.80. The number of carbonyl (C=O) groups excluding carboxylic acids is 1. The molecule has 0 saturated carbocycles. The van der Waals surface area contributed by atoms with Gasteiger partial charge in [-0.1, -0.05) is 0 Å². The molecule has 1 unspecified atom stereocenters. The number of aromatic nitrogens is 2. The quantitative estimate of drug-likeness (QED) is 0.650. The van der Waals surface area contributed by atoms with Gasteiger partial charge in [-0.25, -0.2) is 9.97 Å². The second-order valence-electron chi connectivity index (χ2n) is 3.02. The average molecular weight is 193 g/mol. The molecular weight excluding hydrogens is 182 g/mol. The Morgan fingerprint density at radius 2 is 2.57 bits per heavy atom. The summed E-state index contributed by atoms with van der Waals surface area (Å²) in [7, 11) is 0. The average Bonchev–Trinajstić information content (AvgIpc) is 2.30. The molecule has 5 nitrogen and oxygen atoms in total. The number of hydrogen-bond donors (Lipinski definition) is 1. The third kappa shape index (κ3) is 1.94. The summed E-state index contributed by atoms with van der Waals surface area (Å²) >= 11 is 0. The molecule has 1 N–H and O–H groups in total. The first kappa shape index (κ1) is 9.23. The first-order valence-electron chi connectivity index (χ1n) is 4.50. The second-order valence-corrected chi connectivity index (χ2v) is 3.02. The van der Waals surface area contributed by atoms with Crippen LogP contribution in [0.15, 0.2) is 18.6 Å². The second kappa shape index (κ2) is 4.26. The number of Topliss-reactive ketones (excluding diaryl/α,β-unsaturated/α-hetero) is 1. The SMILES string of the molecule is O=C(c1ccncn1)C1CNCCO1. The lowest BCUT2D eigenvalue weighted by Gasteiger charge is -2.21. The van der Waals surface area contributed by atoms with Crippen LogP contribution in [0, 0.1) is 0 Å².